The Labute approximate surface area is 166 Å². The van der Waals surface area contributed by atoms with Gasteiger partial charge in [-0.15, -0.1) is 0 Å². The van der Waals surface area contributed by atoms with E-state index in [2.05, 4.69) is 10.9 Å². The quantitative estimate of drug-likeness (QED) is 0.678. The first-order valence-electron chi connectivity index (χ1n) is 10.0. The van der Waals surface area contributed by atoms with Gasteiger partial charge in [0.2, 0.25) is 15.9 Å². The van der Waals surface area contributed by atoms with Crippen molar-refractivity contribution in [2.45, 2.75) is 50.8 Å². The molecule has 0 unspecified atom stereocenters. The fraction of sp³-hybridized carbons (Fsp3) is 0.600. The van der Waals surface area contributed by atoms with Gasteiger partial charge in [0, 0.05) is 25.1 Å². The SMILES string of the molecule is CCN(CC)S(=O)(=O)c1cccc(C(=O)NNC(=O)C[C@H]2C[C@H]3CC[C@H]2C3)c1. The summed E-state index contributed by atoms with van der Waals surface area (Å²) in [5, 5.41) is 0. The molecule has 2 saturated carbocycles. The number of carbonyl (C=O) groups excluding carboxylic acids is 2. The largest absolute Gasteiger partial charge is 0.273 e. The summed E-state index contributed by atoms with van der Waals surface area (Å²) in [4.78, 5) is 24.6. The molecule has 2 bridgehead atoms. The zero-order chi connectivity index (χ0) is 20.3. The van der Waals surface area contributed by atoms with Crippen LogP contribution in [0.1, 0.15) is 56.3 Å². The zero-order valence-corrected chi connectivity index (χ0v) is 17.3. The molecular formula is C20H29N3O4S. The Morgan fingerprint density at radius 2 is 1.86 bits per heavy atom. The number of sulfonamides is 1. The van der Waals surface area contributed by atoms with Gasteiger partial charge < -0.3 is 0 Å². The molecule has 0 radical (unpaired) electrons. The van der Waals surface area contributed by atoms with Crippen LogP contribution in [-0.2, 0) is 14.8 Å². The van der Waals surface area contributed by atoms with Gasteiger partial charge in [-0.3, -0.25) is 20.4 Å². The lowest BCUT2D eigenvalue weighted by Gasteiger charge is -2.21. The second-order valence-electron chi connectivity index (χ2n) is 7.76. The average Bonchev–Trinajstić information content (AvgIpc) is 3.30. The van der Waals surface area contributed by atoms with Crippen molar-refractivity contribution in [2.24, 2.45) is 17.8 Å². The molecule has 7 nitrogen and oxygen atoms in total. The number of nitrogens with one attached hydrogen (secondary N) is 2. The van der Waals surface area contributed by atoms with Gasteiger partial charge in [0.15, 0.2) is 0 Å². The summed E-state index contributed by atoms with van der Waals surface area (Å²) in [5.41, 5.74) is 5.07. The third-order valence-electron chi connectivity index (χ3n) is 6.09. The molecule has 2 aliphatic rings. The highest BCUT2D eigenvalue weighted by atomic mass is 32.2. The first-order valence-corrected chi connectivity index (χ1v) is 11.5. The topological polar surface area (TPSA) is 95.6 Å². The molecule has 28 heavy (non-hydrogen) atoms. The molecule has 154 valence electrons. The van der Waals surface area contributed by atoms with E-state index in [1.165, 1.54) is 47.8 Å². The lowest BCUT2D eigenvalue weighted by Crippen LogP contribution is -2.42. The number of amides is 2. The summed E-state index contributed by atoms with van der Waals surface area (Å²) in [5.74, 6) is 1.11. The molecule has 3 atom stereocenters. The summed E-state index contributed by atoms with van der Waals surface area (Å²) in [6, 6.07) is 5.87. The molecular weight excluding hydrogens is 378 g/mol. The van der Waals surface area contributed by atoms with Gasteiger partial charge in [-0.1, -0.05) is 26.3 Å². The first kappa shape index (κ1) is 20.8. The third kappa shape index (κ3) is 4.38. The summed E-state index contributed by atoms with van der Waals surface area (Å²) in [7, 11) is -3.64. The number of fused-ring (bicyclic) bond motifs is 2. The van der Waals surface area contributed by atoms with E-state index in [-0.39, 0.29) is 16.4 Å². The molecule has 8 heteroatoms. The lowest BCUT2D eigenvalue weighted by atomic mass is 9.86. The lowest BCUT2D eigenvalue weighted by molar-refractivity contribution is -0.123. The Balaban J connectivity index is 1.58. The number of carbonyl (C=O) groups is 2. The van der Waals surface area contributed by atoms with E-state index < -0.39 is 15.9 Å². The maximum atomic E-state index is 12.6. The van der Waals surface area contributed by atoms with E-state index in [1.807, 2.05) is 0 Å². The Kier molecular flexibility index (Phi) is 6.40. The van der Waals surface area contributed by atoms with Crippen LogP contribution in [0.4, 0.5) is 0 Å². The van der Waals surface area contributed by atoms with E-state index in [4.69, 9.17) is 0 Å². The Bertz CT molecular complexity index is 836. The third-order valence-corrected chi connectivity index (χ3v) is 8.13. The second kappa shape index (κ2) is 8.61. The fourth-order valence-corrected chi connectivity index (χ4v) is 6.13. The minimum atomic E-state index is -3.64. The number of nitrogens with zero attached hydrogens (tertiary/aromatic N) is 1. The summed E-state index contributed by atoms with van der Waals surface area (Å²) in [6.07, 6.45) is 5.27. The molecule has 0 heterocycles. The van der Waals surface area contributed by atoms with Crippen LogP contribution >= 0.6 is 0 Å². The molecule has 0 aromatic heterocycles. The summed E-state index contributed by atoms with van der Waals surface area (Å²) in [6.45, 7) is 4.25. The molecule has 2 amide bonds. The van der Waals surface area contributed by atoms with Crippen molar-refractivity contribution in [3.63, 3.8) is 0 Å². The van der Waals surface area contributed by atoms with E-state index in [0.29, 0.717) is 31.3 Å². The maximum Gasteiger partial charge on any atom is 0.269 e. The first-order chi connectivity index (χ1) is 13.3. The van der Waals surface area contributed by atoms with Crippen molar-refractivity contribution in [1.82, 2.24) is 15.2 Å². The number of hydrazine groups is 1. The normalized spacial score (nSPS) is 23.8. The molecule has 0 aliphatic heterocycles. The van der Waals surface area contributed by atoms with Crippen LogP contribution in [0.15, 0.2) is 29.2 Å². The maximum absolute atomic E-state index is 12.6. The monoisotopic (exact) mass is 407 g/mol. The van der Waals surface area contributed by atoms with Crippen LogP contribution < -0.4 is 10.9 Å². The van der Waals surface area contributed by atoms with Gasteiger partial charge in [-0.25, -0.2) is 8.42 Å². The number of hydrogen-bond acceptors (Lipinski definition) is 4. The minimum Gasteiger partial charge on any atom is -0.273 e. The standard InChI is InChI=1S/C20H29N3O4S/c1-3-23(4-2)28(26,27)18-7-5-6-16(12-18)20(25)22-21-19(24)13-17-11-14-8-9-15(17)10-14/h5-7,12,14-15,17H,3-4,8-11,13H2,1-2H3,(H,21,24)(H,22,25)/t14-,15-,17+/m0/s1. The summed E-state index contributed by atoms with van der Waals surface area (Å²) < 4.78 is 26.6. The Hall–Kier alpha value is -1.93. The molecule has 2 aliphatic carbocycles. The van der Waals surface area contributed by atoms with E-state index in [1.54, 1.807) is 13.8 Å². The van der Waals surface area contributed by atoms with Crippen molar-refractivity contribution in [3.8, 4) is 0 Å². The smallest absolute Gasteiger partial charge is 0.269 e. The molecule has 0 spiro atoms. The fourth-order valence-electron chi connectivity index (χ4n) is 4.62. The molecule has 3 rings (SSSR count). The van der Waals surface area contributed by atoms with Gasteiger partial charge >= 0.3 is 0 Å². The van der Waals surface area contributed by atoms with Crippen LogP contribution in [-0.4, -0.2) is 37.6 Å². The zero-order valence-electron chi connectivity index (χ0n) is 16.5. The number of hydrogen-bond donors (Lipinski definition) is 2. The predicted octanol–water partition coefficient (Wildman–Crippen LogP) is 2.30. The van der Waals surface area contributed by atoms with E-state index in [0.717, 1.165) is 12.3 Å². The van der Waals surface area contributed by atoms with E-state index >= 15 is 0 Å². The van der Waals surface area contributed by atoms with Crippen LogP contribution in [0.3, 0.4) is 0 Å². The Morgan fingerprint density at radius 1 is 1.11 bits per heavy atom. The van der Waals surface area contributed by atoms with Gasteiger partial charge in [-0.05, 0) is 55.2 Å². The second-order valence-corrected chi connectivity index (χ2v) is 9.70. The predicted molar refractivity (Wildman–Crippen MR) is 106 cm³/mol. The van der Waals surface area contributed by atoms with E-state index in [9.17, 15) is 18.0 Å². The molecule has 1 aromatic carbocycles. The van der Waals surface area contributed by atoms with Gasteiger partial charge in [0.25, 0.3) is 5.91 Å². The van der Waals surface area contributed by atoms with Crippen molar-refractivity contribution in [3.05, 3.63) is 29.8 Å². The van der Waals surface area contributed by atoms with Crippen LogP contribution in [0, 0.1) is 17.8 Å². The molecule has 0 saturated heterocycles. The van der Waals surface area contributed by atoms with Crippen molar-refractivity contribution in [1.29, 1.82) is 0 Å². The van der Waals surface area contributed by atoms with Gasteiger partial charge in [0.05, 0.1) is 4.90 Å². The van der Waals surface area contributed by atoms with Crippen LogP contribution in [0.2, 0.25) is 0 Å². The van der Waals surface area contributed by atoms with Gasteiger partial charge in [0.1, 0.15) is 0 Å². The highest BCUT2D eigenvalue weighted by Gasteiger charge is 2.40. The highest BCUT2D eigenvalue weighted by molar-refractivity contribution is 7.89. The molecule has 2 N–H and O–H groups in total. The number of benzene rings is 1. The Morgan fingerprint density at radius 3 is 2.46 bits per heavy atom. The molecule has 2 fully saturated rings. The van der Waals surface area contributed by atoms with Gasteiger partial charge in [-0.2, -0.15) is 4.31 Å². The highest BCUT2D eigenvalue weighted by Crippen LogP contribution is 2.49. The minimum absolute atomic E-state index is 0.0668. The van der Waals surface area contributed by atoms with Crippen molar-refractivity contribution in [2.75, 3.05) is 13.1 Å². The number of rotatable bonds is 7. The van der Waals surface area contributed by atoms with Crippen molar-refractivity contribution >= 4 is 21.8 Å². The average molecular weight is 408 g/mol. The van der Waals surface area contributed by atoms with Crippen LogP contribution in [0.5, 0.6) is 0 Å². The van der Waals surface area contributed by atoms with Crippen molar-refractivity contribution < 1.29 is 18.0 Å². The molecule has 1 aromatic rings. The summed E-state index contributed by atoms with van der Waals surface area (Å²) >= 11 is 0. The van der Waals surface area contributed by atoms with Crippen LogP contribution in [0.25, 0.3) is 0 Å².